The van der Waals surface area contributed by atoms with Crippen molar-refractivity contribution in [1.29, 1.82) is 0 Å². The van der Waals surface area contributed by atoms with Gasteiger partial charge < -0.3 is 20.6 Å². The molecule has 0 saturated carbocycles. The number of hydrogen-bond acceptors (Lipinski definition) is 7. The summed E-state index contributed by atoms with van der Waals surface area (Å²) in [5, 5.41) is 2.12. The van der Waals surface area contributed by atoms with Gasteiger partial charge in [-0.25, -0.2) is 19.9 Å². The van der Waals surface area contributed by atoms with Crippen molar-refractivity contribution in [2.24, 2.45) is 0 Å². The number of quaternary nitrogens is 1. The first-order valence-electron chi connectivity index (χ1n) is 9.71. The number of pyridine rings is 1. The number of aryl methyl sites for hydroxylation is 1. The molecule has 30 heavy (non-hydrogen) atoms. The summed E-state index contributed by atoms with van der Waals surface area (Å²) in [6.45, 7) is 3.78. The van der Waals surface area contributed by atoms with Crippen molar-refractivity contribution < 1.29 is 5.73 Å². The predicted molar refractivity (Wildman–Crippen MR) is 116 cm³/mol. The number of hydrogen-bond donors (Lipinski definition) is 3. The number of fused-ring (bicyclic) bond motifs is 2. The molecule has 5 N–H and O–H groups in total. The van der Waals surface area contributed by atoms with E-state index in [1.165, 1.54) is 18.0 Å². The minimum Gasteiger partial charge on any atom is -0.354 e. The lowest BCUT2D eigenvalue weighted by Gasteiger charge is -2.18. The quantitative estimate of drug-likeness (QED) is 0.409. The van der Waals surface area contributed by atoms with E-state index < -0.39 is 0 Å². The van der Waals surface area contributed by atoms with Crippen molar-refractivity contribution >= 4 is 51.4 Å². The van der Waals surface area contributed by atoms with Crippen LogP contribution in [0.25, 0.3) is 22.2 Å². The van der Waals surface area contributed by atoms with Crippen LogP contribution in [0, 0.1) is 0 Å². The highest BCUT2D eigenvalue weighted by Gasteiger charge is 2.27. The number of nitrogens with zero attached hydrogens (tertiary/aromatic N) is 5. The van der Waals surface area contributed by atoms with Crippen molar-refractivity contribution in [2.45, 2.75) is 35.9 Å². The first-order valence-corrected chi connectivity index (χ1v) is 10.9. The fourth-order valence-electron chi connectivity index (χ4n) is 3.69. The van der Waals surface area contributed by atoms with Gasteiger partial charge in [-0.1, -0.05) is 18.5 Å². The number of halogens is 1. The fourth-order valence-corrected chi connectivity index (χ4v) is 4.81. The Balaban J connectivity index is 1.60. The van der Waals surface area contributed by atoms with E-state index in [4.69, 9.17) is 21.6 Å². The smallest absolute Gasteiger partial charge is 0.266 e. The Labute approximate surface area is 180 Å². The van der Waals surface area contributed by atoms with Crippen molar-refractivity contribution in [2.75, 3.05) is 18.0 Å². The van der Waals surface area contributed by atoms with Crippen LogP contribution in [0.5, 0.6) is 0 Å². The summed E-state index contributed by atoms with van der Waals surface area (Å²) in [4.78, 5) is 38.6. The molecule has 0 aromatic carbocycles. The molecule has 0 spiro atoms. The van der Waals surface area contributed by atoms with Crippen LogP contribution in [-0.4, -0.2) is 49.0 Å². The Kier molecular flexibility index (Phi) is 4.84. The van der Waals surface area contributed by atoms with Gasteiger partial charge in [-0.15, -0.1) is 0 Å². The first-order chi connectivity index (χ1) is 14.5. The molecule has 1 aliphatic heterocycles. The number of rotatable bonds is 4. The Morgan fingerprint density at radius 1 is 1.30 bits per heavy atom. The zero-order valence-corrected chi connectivity index (χ0v) is 17.8. The zero-order chi connectivity index (χ0) is 20.8. The van der Waals surface area contributed by atoms with E-state index in [1.54, 1.807) is 6.20 Å². The maximum Gasteiger partial charge on any atom is 0.266 e. The predicted octanol–water partition coefficient (Wildman–Crippen LogP) is 1.78. The highest BCUT2D eigenvalue weighted by atomic mass is 35.5. The number of aromatic nitrogens is 6. The molecule has 0 amide bonds. The molecule has 4 aromatic rings. The van der Waals surface area contributed by atoms with Crippen LogP contribution >= 0.6 is 23.4 Å². The largest absolute Gasteiger partial charge is 0.354 e. The third-order valence-electron chi connectivity index (χ3n) is 5.17. The molecule has 1 atom stereocenters. The molecule has 0 unspecified atom stereocenters. The van der Waals surface area contributed by atoms with Crippen LogP contribution in [-0.2, 0) is 6.42 Å². The lowest BCUT2D eigenvalue weighted by Crippen LogP contribution is -2.61. The Morgan fingerprint density at radius 3 is 2.90 bits per heavy atom. The van der Waals surface area contributed by atoms with E-state index in [0.29, 0.717) is 27.4 Å². The molecule has 1 aliphatic rings. The summed E-state index contributed by atoms with van der Waals surface area (Å²) in [6, 6.07) is 2.19. The van der Waals surface area contributed by atoms with Gasteiger partial charge in [0.15, 0.2) is 10.8 Å². The van der Waals surface area contributed by atoms with Gasteiger partial charge in [0.1, 0.15) is 17.5 Å². The lowest BCUT2D eigenvalue weighted by molar-refractivity contribution is -0.412. The minimum absolute atomic E-state index is 0.267. The summed E-state index contributed by atoms with van der Waals surface area (Å²) in [5.41, 5.74) is 6.65. The number of aromatic amines is 2. The highest BCUT2D eigenvalue weighted by molar-refractivity contribution is 7.99. The highest BCUT2D eigenvalue weighted by Crippen LogP contribution is 2.37. The molecule has 0 radical (unpaired) electrons. The van der Waals surface area contributed by atoms with Gasteiger partial charge in [-0.05, 0) is 24.2 Å². The Bertz CT molecular complexity index is 1320. The average Bonchev–Trinajstić information content (AvgIpc) is 3.30. The molecule has 5 rings (SSSR count). The molecule has 5 heterocycles. The lowest BCUT2D eigenvalue weighted by atomic mass is 10.3. The first kappa shape index (κ1) is 19.3. The Morgan fingerprint density at radius 2 is 2.13 bits per heavy atom. The third kappa shape index (κ3) is 3.40. The van der Waals surface area contributed by atoms with Crippen LogP contribution in [0.15, 0.2) is 33.3 Å². The molecule has 1 fully saturated rings. The molecule has 154 valence electrons. The molecular weight excluding hydrogens is 424 g/mol. The standard InChI is InChI=1S/C19H19ClN8OS/c1-2-11-15(20)14-17(25-11)26-19(27-18(14)28-4-3-9(21)8-28)30-10-5-12-16(22-6-10)23-7-13(29)24-12/h5-7,9H,2-4,8,21H2,1H3,(H,24,29)(H,25,26,27)/p+1/t9-/m1/s1. The SMILES string of the molecule is CCc1[nH]c2nc(Sc3cnc4ncc(=O)[nH]c4c3)nc(N3CC[C@@H]([NH3+])C3)c2c1Cl. The summed E-state index contributed by atoms with van der Waals surface area (Å²) in [5.74, 6) is 0.832. The van der Waals surface area contributed by atoms with Gasteiger partial charge in [0.2, 0.25) is 0 Å². The molecule has 0 bridgehead atoms. The second-order valence-electron chi connectivity index (χ2n) is 7.32. The van der Waals surface area contributed by atoms with Crippen LogP contribution in [0.3, 0.4) is 0 Å². The third-order valence-corrected chi connectivity index (χ3v) is 6.42. The van der Waals surface area contributed by atoms with Crippen LogP contribution in [0.2, 0.25) is 5.02 Å². The van der Waals surface area contributed by atoms with E-state index in [2.05, 4.69) is 37.5 Å². The van der Waals surface area contributed by atoms with E-state index in [1.807, 2.05) is 6.07 Å². The fraction of sp³-hybridized carbons (Fsp3) is 0.316. The summed E-state index contributed by atoms with van der Waals surface area (Å²) < 4.78 is 0. The minimum atomic E-state index is -0.267. The van der Waals surface area contributed by atoms with E-state index >= 15 is 0 Å². The van der Waals surface area contributed by atoms with Crippen molar-refractivity contribution in [3.8, 4) is 0 Å². The van der Waals surface area contributed by atoms with Crippen molar-refractivity contribution in [3.63, 3.8) is 0 Å². The average molecular weight is 444 g/mol. The second kappa shape index (κ2) is 7.53. The number of anilines is 1. The summed E-state index contributed by atoms with van der Waals surface area (Å²) in [7, 11) is 0. The monoisotopic (exact) mass is 443 g/mol. The van der Waals surface area contributed by atoms with E-state index in [9.17, 15) is 4.79 Å². The molecule has 0 aliphatic carbocycles. The van der Waals surface area contributed by atoms with E-state index in [-0.39, 0.29) is 5.56 Å². The van der Waals surface area contributed by atoms with Crippen molar-refractivity contribution in [3.05, 3.63) is 39.5 Å². The number of nitrogens with one attached hydrogen (secondary N) is 2. The van der Waals surface area contributed by atoms with Gasteiger partial charge in [0.05, 0.1) is 28.7 Å². The molecule has 11 heteroatoms. The molecule has 9 nitrogen and oxygen atoms in total. The molecule has 1 saturated heterocycles. The Hall–Kier alpha value is -2.69. The summed E-state index contributed by atoms with van der Waals surface area (Å²) >= 11 is 8.04. The van der Waals surface area contributed by atoms with Gasteiger partial charge >= 0.3 is 0 Å². The molecule has 4 aromatic heterocycles. The van der Waals surface area contributed by atoms with Gasteiger partial charge in [-0.2, -0.15) is 0 Å². The zero-order valence-electron chi connectivity index (χ0n) is 16.3. The van der Waals surface area contributed by atoms with Crippen molar-refractivity contribution in [1.82, 2.24) is 29.9 Å². The van der Waals surface area contributed by atoms with Crippen LogP contribution in [0.1, 0.15) is 19.0 Å². The van der Waals surface area contributed by atoms with Gasteiger partial charge in [0.25, 0.3) is 5.56 Å². The second-order valence-corrected chi connectivity index (χ2v) is 8.74. The topological polar surface area (TPSA) is 131 Å². The number of H-pyrrole nitrogens is 2. The maximum absolute atomic E-state index is 11.6. The van der Waals surface area contributed by atoms with Gasteiger partial charge in [-0.3, -0.25) is 4.79 Å². The van der Waals surface area contributed by atoms with E-state index in [0.717, 1.165) is 53.4 Å². The van der Waals surface area contributed by atoms with Crippen LogP contribution in [0.4, 0.5) is 5.82 Å². The normalized spacial score (nSPS) is 16.8. The molecular formula is C19H20ClN8OS+. The van der Waals surface area contributed by atoms with Crippen LogP contribution < -0.4 is 16.2 Å². The summed E-state index contributed by atoms with van der Waals surface area (Å²) in [6.07, 6.45) is 4.72. The maximum atomic E-state index is 11.6. The van der Waals surface area contributed by atoms with Gasteiger partial charge in [0, 0.05) is 29.8 Å².